The van der Waals surface area contributed by atoms with Crippen LogP contribution in [0, 0.1) is 5.41 Å². The third kappa shape index (κ3) is 2.85. The Kier molecular flexibility index (Phi) is 3.68. The van der Waals surface area contributed by atoms with Gasteiger partial charge in [-0.2, -0.15) is 0 Å². The zero-order valence-electron chi connectivity index (χ0n) is 10.8. The molecule has 1 aliphatic heterocycles. The second kappa shape index (κ2) is 4.87. The quantitative estimate of drug-likeness (QED) is 0.637. The van der Waals surface area contributed by atoms with Gasteiger partial charge in [-0.3, -0.25) is 9.69 Å². The summed E-state index contributed by atoms with van der Waals surface area (Å²) in [6, 6.07) is 0.263. The fourth-order valence-electron chi connectivity index (χ4n) is 2.97. The molecular weight excluding hydrogens is 198 g/mol. The Bertz CT molecular complexity index is 249. The SMILES string of the molecule is CC1(C)CCN(C2CCCCCC2=O)CC1. The fraction of sp³-hybridized carbons (Fsp3) is 0.929. The van der Waals surface area contributed by atoms with Gasteiger partial charge in [0.15, 0.2) is 0 Å². The van der Waals surface area contributed by atoms with E-state index in [0.717, 1.165) is 32.4 Å². The number of carbonyl (C=O) groups excluding carboxylic acids is 1. The molecule has 1 unspecified atom stereocenters. The third-order valence-electron chi connectivity index (χ3n) is 4.36. The van der Waals surface area contributed by atoms with Gasteiger partial charge < -0.3 is 0 Å². The van der Waals surface area contributed by atoms with E-state index >= 15 is 0 Å². The highest BCUT2D eigenvalue weighted by molar-refractivity contribution is 5.84. The topological polar surface area (TPSA) is 20.3 Å². The van der Waals surface area contributed by atoms with Crippen molar-refractivity contribution in [2.75, 3.05) is 13.1 Å². The highest BCUT2D eigenvalue weighted by atomic mass is 16.1. The highest BCUT2D eigenvalue weighted by Gasteiger charge is 2.32. The molecule has 0 aromatic heterocycles. The molecule has 92 valence electrons. The van der Waals surface area contributed by atoms with E-state index < -0.39 is 0 Å². The van der Waals surface area contributed by atoms with Gasteiger partial charge in [-0.15, -0.1) is 0 Å². The molecule has 1 saturated carbocycles. The smallest absolute Gasteiger partial charge is 0.149 e. The molecule has 0 bridgehead atoms. The van der Waals surface area contributed by atoms with Crippen LogP contribution in [0.5, 0.6) is 0 Å². The van der Waals surface area contributed by atoms with Crippen LogP contribution in [0.3, 0.4) is 0 Å². The molecule has 1 aliphatic carbocycles. The van der Waals surface area contributed by atoms with Crippen molar-refractivity contribution in [1.29, 1.82) is 0 Å². The molecule has 1 heterocycles. The molecular formula is C14H25NO. The summed E-state index contributed by atoms with van der Waals surface area (Å²) in [6.45, 7) is 6.95. The van der Waals surface area contributed by atoms with Gasteiger partial charge in [0.2, 0.25) is 0 Å². The lowest BCUT2D eigenvalue weighted by Gasteiger charge is -2.40. The summed E-state index contributed by atoms with van der Waals surface area (Å²) in [7, 11) is 0. The number of likely N-dealkylation sites (tertiary alicyclic amines) is 1. The maximum atomic E-state index is 12.0. The average molecular weight is 223 g/mol. The third-order valence-corrected chi connectivity index (χ3v) is 4.36. The van der Waals surface area contributed by atoms with Gasteiger partial charge in [0.25, 0.3) is 0 Å². The summed E-state index contributed by atoms with van der Waals surface area (Å²) in [5.74, 6) is 0.511. The van der Waals surface area contributed by atoms with E-state index in [4.69, 9.17) is 0 Å². The lowest BCUT2D eigenvalue weighted by atomic mass is 9.82. The number of rotatable bonds is 1. The normalized spacial score (nSPS) is 32.4. The summed E-state index contributed by atoms with van der Waals surface area (Å²) < 4.78 is 0. The van der Waals surface area contributed by atoms with Crippen molar-refractivity contribution in [2.24, 2.45) is 5.41 Å². The van der Waals surface area contributed by atoms with Crippen molar-refractivity contribution in [3.05, 3.63) is 0 Å². The number of carbonyl (C=O) groups is 1. The van der Waals surface area contributed by atoms with E-state index in [1.807, 2.05) is 0 Å². The minimum atomic E-state index is 0.263. The van der Waals surface area contributed by atoms with Crippen molar-refractivity contribution >= 4 is 5.78 Å². The summed E-state index contributed by atoms with van der Waals surface area (Å²) in [6.07, 6.45) is 8.05. The first-order valence-corrected chi connectivity index (χ1v) is 6.85. The standard InChI is InChI=1S/C14H25NO/c1-14(2)8-10-15(11-9-14)12-6-4-3-5-7-13(12)16/h12H,3-11H2,1-2H3. The van der Waals surface area contributed by atoms with Gasteiger partial charge in [-0.05, 0) is 44.2 Å². The van der Waals surface area contributed by atoms with Crippen molar-refractivity contribution in [3.63, 3.8) is 0 Å². The van der Waals surface area contributed by atoms with Crippen LogP contribution in [0.1, 0.15) is 58.8 Å². The number of Topliss-reactive ketones (excluding diaryl/α,β-unsaturated/α-hetero) is 1. The molecule has 0 N–H and O–H groups in total. The average Bonchev–Trinajstić information content (AvgIpc) is 2.44. The van der Waals surface area contributed by atoms with E-state index in [2.05, 4.69) is 18.7 Å². The first-order valence-electron chi connectivity index (χ1n) is 6.85. The molecule has 16 heavy (non-hydrogen) atoms. The van der Waals surface area contributed by atoms with Gasteiger partial charge >= 0.3 is 0 Å². The summed E-state index contributed by atoms with van der Waals surface area (Å²) in [5.41, 5.74) is 0.490. The van der Waals surface area contributed by atoms with E-state index in [-0.39, 0.29) is 6.04 Å². The Morgan fingerprint density at radius 3 is 2.50 bits per heavy atom. The Morgan fingerprint density at radius 2 is 1.81 bits per heavy atom. The molecule has 0 aromatic carbocycles. The Labute approximate surface area is 99.4 Å². The molecule has 0 spiro atoms. The number of hydrogen-bond donors (Lipinski definition) is 0. The molecule has 0 amide bonds. The van der Waals surface area contributed by atoms with E-state index in [1.54, 1.807) is 0 Å². The molecule has 2 heteroatoms. The van der Waals surface area contributed by atoms with E-state index in [9.17, 15) is 4.79 Å². The van der Waals surface area contributed by atoms with Crippen LogP contribution in [0.15, 0.2) is 0 Å². The Balaban J connectivity index is 1.94. The molecule has 2 aliphatic rings. The predicted molar refractivity (Wildman–Crippen MR) is 66.5 cm³/mol. The van der Waals surface area contributed by atoms with Crippen molar-refractivity contribution in [1.82, 2.24) is 4.90 Å². The molecule has 2 rings (SSSR count). The second-order valence-electron chi connectivity index (χ2n) is 6.28. The largest absolute Gasteiger partial charge is 0.298 e. The number of nitrogens with zero attached hydrogens (tertiary/aromatic N) is 1. The van der Waals surface area contributed by atoms with Crippen molar-refractivity contribution < 1.29 is 4.79 Å². The number of ketones is 1. The first-order chi connectivity index (χ1) is 7.58. The molecule has 1 saturated heterocycles. The van der Waals surface area contributed by atoms with Crippen molar-refractivity contribution in [3.8, 4) is 0 Å². The van der Waals surface area contributed by atoms with Gasteiger partial charge in [0.05, 0.1) is 6.04 Å². The lowest BCUT2D eigenvalue weighted by molar-refractivity contribution is -0.125. The number of piperidine rings is 1. The molecule has 0 aromatic rings. The van der Waals surface area contributed by atoms with Crippen LogP contribution in [0.4, 0.5) is 0 Å². The summed E-state index contributed by atoms with van der Waals surface area (Å²) in [4.78, 5) is 14.5. The minimum absolute atomic E-state index is 0.263. The van der Waals surface area contributed by atoms with Crippen LogP contribution < -0.4 is 0 Å². The first kappa shape index (κ1) is 12.1. The monoisotopic (exact) mass is 223 g/mol. The maximum Gasteiger partial charge on any atom is 0.149 e. The fourth-order valence-corrected chi connectivity index (χ4v) is 2.97. The van der Waals surface area contributed by atoms with E-state index in [0.29, 0.717) is 11.2 Å². The van der Waals surface area contributed by atoms with Gasteiger partial charge in [-0.25, -0.2) is 0 Å². The predicted octanol–water partition coefficient (Wildman–Crippen LogP) is 3.01. The molecule has 2 fully saturated rings. The van der Waals surface area contributed by atoms with Crippen LogP contribution in [0.25, 0.3) is 0 Å². The van der Waals surface area contributed by atoms with Crippen LogP contribution in [-0.4, -0.2) is 29.8 Å². The van der Waals surface area contributed by atoms with E-state index in [1.165, 1.54) is 25.7 Å². The van der Waals surface area contributed by atoms with Gasteiger partial charge in [0.1, 0.15) is 5.78 Å². The van der Waals surface area contributed by atoms with Crippen LogP contribution in [-0.2, 0) is 4.79 Å². The number of hydrogen-bond acceptors (Lipinski definition) is 2. The minimum Gasteiger partial charge on any atom is -0.298 e. The van der Waals surface area contributed by atoms with Crippen molar-refractivity contribution in [2.45, 2.75) is 64.8 Å². The second-order valence-corrected chi connectivity index (χ2v) is 6.28. The lowest BCUT2D eigenvalue weighted by Crippen LogP contribution is -2.46. The molecule has 1 atom stereocenters. The summed E-state index contributed by atoms with van der Waals surface area (Å²) in [5, 5.41) is 0. The Hall–Kier alpha value is -0.370. The molecule has 2 nitrogen and oxygen atoms in total. The zero-order valence-corrected chi connectivity index (χ0v) is 10.8. The Morgan fingerprint density at radius 1 is 1.12 bits per heavy atom. The van der Waals surface area contributed by atoms with Crippen LogP contribution in [0.2, 0.25) is 0 Å². The van der Waals surface area contributed by atoms with Crippen LogP contribution >= 0.6 is 0 Å². The maximum absolute atomic E-state index is 12.0. The van der Waals surface area contributed by atoms with Gasteiger partial charge in [0, 0.05) is 6.42 Å². The van der Waals surface area contributed by atoms with Gasteiger partial charge in [-0.1, -0.05) is 26.7 Å². The summed E-state index contributed by atoms with van der Waals surface area (Å²) >= 11 is 0. The molecule has 0 radical (unpaired) electrons. The zero-order chi connectivity index (χ0) is 11.6. The highest BCUT2D eigenvalue weighted by Crippen LogP contribution is 2.32.